The number of anilines is 1. The van der Waals surface area contributed by atoms with Crippen LogP contribution in [0, 0.1) is 23.7 Å². The lowest BCUT2D eigenvalue weighted by molar-refractivity contribution is -0.314. The normalized spacial score (nSPS) is 26.8. The van der Waals surface area contributed by atoms with E-state index in [4.69, 9.17) is 0 Å². The standard InChI is InChI=1S/C20H22N2O3S/c1-2-11-3-5-12(6-4-11)15-10-26-20(21-15)22-18(23)16-13-7-8-14(9-13)17(16)19(24)25/h3-6,10,13-14,16-17H,2,7-9H2,1H3,(H,24,25)(H,21,22,23)/p-1. The number of hydrogen-bond acceptors (Lipinski definition) is 5. The Balaban J connectivity index is 1.48. The molecule has 2 saturated carbocycles. The zero-order valence-electron chi connectivity index (χ0n) is 14.6. The van der Waals surface area contributed by atoms with Gasteiger partial charge >= 0.3 is 0 Å². The summed E-state index contributed by atoms with van der Waals surface area (Å²) >= 11 is 1.37. The third-order valence-corrected chi connectivity index (χ3v) is 6.64. The van der Waals surface area contributed by atoms with Crippen LogP contribution in [0.1, 0.15) is 31.7 Å². The predicted molar refractivity (Wildman–Crippen MR) is 98.4 cm³/mol. The van der Waals surface area contributed by atoms with Crippen LogP contribution in [0.25, 0.3) is 11.3 Å². The van der Waals surface area contributed by atoms with Crippen LogP contribution < -0.4 is 10.4 Å². The fraction of sp³-hybridized carbons (Fsp3) is 0.450. The topological polar surface area (TPSA) is 82.1 Å². The van der Waals surface area contributed by atoms with Gasteiger partial charge in [0.2, 0.25) is 5.91 Å². The van der Waals surface area contributed by atoms with E-state index in [9.17, 15) is 14.7 Å². The Morgan fingerprint density at radius 2 is 1.88 bits per heavy atom. The number of nitrogens with one attached hydrogen (secondary N) is 1. The molecule has 0 radical (unpaired) electrons. The van der Waals surface area contributed by atoms with Gasteiger partial charge in [-0.25, -0.2) is 4.98 Å². The van der Waals surface area contributed by atoms with Crippen LogP contribution >= 0.6 is 11.3 Å². The minimum absolute atomic E-state index is 0.0877. The van der Waals surface area contributed by atoms with Crippen molar-refractivity contribution in [3.05, 3.63) is 35.2 Å². The van der Waals surface area contributed by atoms with Gasteiger partial charge in [-0.2, -0.15) is 0 Å². The molecule has 2 aliphatic rings. The first kappa shape index (κ1) is 17.2. The van der Waals surface area contributed by atoms with Crippen LogP contribution in [0.4, 0.5) is 5.13 Å². The highest BCUT2D eigenvalue weighted by Gasteiger charge is 2.51. The maximum absolute atomic E-state index is 12.7. The monoisotopic (exact) mass is 369 g/mol. The third-order valence-electron chi connectivity index (χ3n) is 5.88. The largest absolute Gasteiger partial charge is 0.550 e. The molecular formula is C20H21N2O3S-. The third kappa shape index (κ3) is 3.03. The van der Waals surface area contributed by atoms with Crippen LogP contribution in [-0.4, -0.2) is 16.9 Å². The van der Waals surface area contributed by atoms with Gasteiger partial charge in [-0.3, -0.25) is 4.79 Å². The summed E-state index contributed by atoms with van der Waals surface area (Å²) in [5, 5.41) is 16.8. The summed E-state index contributed by atoms with van der Waals surface area (Å²) in [5.74, 6) is -2.22. The molecule has 0 saturated heterocycles. The van der Waals surface area contributed by atoms with Crippen molar-refractivity contribution >= 4 is 28.3 Å². The number of aliphatic carboxylic acids is 1. The van der Waals surface area contributed by atoms with Gasteiger partial charge in [0.25, 0.3) is 0 Å². The van der Waals surface area contributed by atoms with Crippen LogP contribution in [0.2, 0.25) is 0 Å². The number of carbonyl (C=O) groups is 2. The second kappa shape index (κ2) is 6.83. The predicted octanol–water partition coefficient (Wildman–Crippen LogP) is 2.72. The molecule has 1 aromatic carbocycles. The minimum atomic E-state index is -1.09. The van der Waals surface area contributed by atoms with E-state index in [1.54, 1.807) is 0 Å². The fourth-order valence-electron chi connectivity index (χ4n) is 4.57. The molecule has 1 heterocycles. The van der Waals surface area contributed by atoms with Crippen LogP contribution in [-0.2, 0) is 16.0 Å². The molecule has 6 heteroatoms. The van der Waals surface area contributed by atoms with Gasteiger partial charge in [-0.1, -0.05) is 31.2 Å². The molecule has 2 aliphatic carbocycles. The van der Waals surface area contributed by atoms with Gasteiger partial charge in [0.05, 0.1) is 5.69 Å². The van der Waals surface area contributed by atoms with E-state index >= 15 is 0 Å². The number of aromatic nitrogens is 1. The van der Waals surface area contributed by atoms with E-state index in [1.165, 1.54) is 16.9 Å². The number of rotatable bonds is 5. The van der Waals surface area contributed by atoms with Gasteiger partial charge < -0.3 is 15.2 Å². The molecule has 1 aromatic heterocycles. The summed E-state index contributed by atoms with van der Waals surface area (Å²) in [7, 11) is 0. The molecule has 2 bridgehead atoms. The van der Waals surface area contributed by atoms with E-state index < -0.39 is 17.8 Å². The molecule has 1 amide bonds. The van der Waals surface area contributed by atoms with Crippen molar-refractivity contribution in [3.8, 4) is 11.3 Å². The van der Waals surface area contributed by atoms with Gasteiger partial charge in [0.1, 0.15) is 0 Å². The summed E-state index contributed by atoms with van der Waals surface area (Å²) in [6, 6.07) is 8.21. The molecule has 0 aliphatic heterocycles. The Kier molecular flexibility index (Phi) is 4.53. The van der Waals surface area contributed by atoms with Crippen molar-refractivity contribution in [2.45, 2.75) is 32.6 Å². The summed E-state index contributed by atoms with van der Waals surface area (Å²) < 4.78 is 0. The van der Waals surface area contributed by atoms with Crippen molar-refractivity contribution in [1.29, 1.82) is 0 Å². The molecule has 4 unspecified atom stereocenters. The number of thiazole rings is 1. The lowest BCUT2D eigenvalue weighted by Gasteiger charge is -2.30. The molecule has 2 fully saturated rings. The number of carboxylic acids is 1. The van der Waals surface area contributed by atoms with Crippen LogP contribution in [0.15, 0.2) is 29.6 Å². The molecule has 1 N–H and O–H groups in total. The smallest absolute Gasteiger partial charge is 0.230 e. The van der Waals surface area contributed by atoms with E-state index in [2.05, 4.69) is 29.4 Å². The molecule has 26 heavy (non-hydrogen) atoms. The first-order valence-electron chi connectivity index (χ1n) is 9.13. The molecule has 4 rings (SSSR count). The number of nitrogens with zero attached hydrogens (tertiary/aromatic N) is 1. The van der Waals surface area contributed by atoms with E-state index in [0.717, 1.165) is 36.9 Å². The minimum Gasteiger partial charge on any atom is -0.550 e. The molecule has 136 valence electrons. The Morgan fingerprint density at radius 1 is 1.19 bits per heavy atom. The van der Waals surface area contributed by atoms with E-state index in [0.29, 0.717) is 5.13 Å². The molecule has 5 nitrogen and oxygen atoms in total. The van der Waals surface area contributed by atoms with Crippen LogP contribution in [0.5, 0.6) is 0 Å². The van der Waals surface area contributed by atoms with Crippen LogP contribution in [0.3, 0.4) is 0 Å². The number of hydrogen-bond donors (Lipinski definition) is 1. The molecule has 2 aromatic rings. The van der Waals surface area contributed by atoms with Gasteiger partial charge in [-0.15, -0.1) is 11.3 Å². The van der Waals surface area contributed by atoms with Crippen molar-refractivity contribution in [2.75, 3.05) is 5.32 Å². The van der Waals surface area contributed by atoms with Crippen molar-refractivity contribution < 1.29 is 14.7 Å². The molecule has 4 atom stereocenters. The van der Waals surface area contributed by atoms with Gasteiger partial charge in [0, 0.05) is 28.7 Å². The summed E-state index contributed by atoms with van der Waals surface area (Å²) in [6.07, 6.45) is 3.63. The molecule has 0 spiro atoms. The summed E-state index contributed by atoms with van der Waals surface area (Å²) in [6.45, 7) is 2.11. The first-order chi connectivity index (χ1) is 12.6. The highest BCUT2D eigenvalue weighted by molar-refractivity contribution is 7.14. The summed E-state index contributed by atoms with van der Waals surface area (Å²) in [4.78, 5) is 28.7. The lowest BCUT2D eigenvalue weighted by atomic mass is 9.79. The second-order valence-corrected chi connectivity index (χ2v) is 8.14. The van der Waals surface area contributed by atoms with Crippen molar-refractivity contribution in [3.63, 3.8) is 0 Å². The fourth-order valence-corrected chi connectivity index (χ4v) is 5.29. The van der Waals surface area contributed by atoms with Gasteiger partial charge in [0.15, 0.2) is 5.13 Å². The quantitative estimate of drug-likeness (QED) is 0.878. The maximum atomic E-state index is 12.7. The number of amides is 1. The average Bonchev–Trinajstić information content (AvgIpc) is 3.37. The number of aryl methyl sites for hydroxylation is 1. The first-order valence-corrected chi connectivity index (χ1v) is 10.0. The molecular weight excluding hydrogens is 348 g/mol. The Morgan fingerprint density at radius 3 is 2.54 bits per heavy atom. The number of fused-ring (bicyclic) bond motifs is 2. The van der Waals surface area contributed by atoms with E-state index in [-0.39, 0.29) is 17.7 Å². The average molecular weight is 369 g/mol. The SMILES string of the molecule is CCc1ccc(-c2csc(NC(=O)C3C4CCC(C4)C3C(=O)[O-])n2)cc1. The lowest BCUT2D eigenvalue weighted by Crippen LogP contribution is -2.43. The highest BCUT2D eigenvalue weighted by atomic mass is 32.1. The Labute approximate surface area is 156 Å². The Hall–Kier alpha value is -2.21. The highest BCUT2D eigenvalue weighted by Crippen LogP contribution is 2.52. The van der Waals surface area contributed by atoms with Crippen molar-refractivity contribution in [1.82, 2.24) is 4.98 Å². The Bertz CT molecular complexity index is 830. The zero-order chi connectivity index (χ0) is 18.3. The summed E-state index contributed by atoms with van der Waals surface area (Å²) in [5.41, 5.74) is 3.09. The number of carboxylic acid groups (broad SMARTS) is 1. The number of benzene rings is 1. The van der Waals surface area contributed by atoms with Crippen molar-refractivity contribution in [2.24, 2.45) is 23.7 Å². The van der Waals surface area contributed by atoms with E-state index in [1.807, 2.05) is 17.5 Å². The second-order valence-electron chi connectivity index (χ2n) is 7.28. The maximum Gasteiger partial charge on any atom is 0.230 e. The number of carbonyl (C=O) groups excluding carboxylic acids is 2. The van der Waals surface area contributed by atoms with Gasteiger partial charge in [-0.05, 0) is 43.1 Å². The zero-order valence-corrected chi connectivity index (χ0v) is 15.4.